The first-order valence-electron chi connectivity index (χ1n) is 25.4. The van der Waals surface area contributed by atoms with E-state index >= 15 is 0 Å². The minimum absolute atomic E-state index is 0.0352. The van der Waals surface area contributed by atoms with E-state index in [-0.39, 0.29) is 23.3 Å². The fourth-order valence-corrected chi connectivity index (χ4v) is 9.80. The first-order chi connectivity index (χ1) is 35.4. The van der Waals surface area contributed by atoms with E-state index in [4.69, 9.17) is 33.2 Å². The molecule has 18 heteroatoms. The van der Waals surface area contributed by atoms with Gasteiger partial charge < -0.3 is 62.3 Å². The molecule has 2 fully saturated rings. The van der Waals surface area contributed by atoms with Gasteiger partial charge in [0.15, 0.2) is 23.0 Å². The lowest BCUT2D eigenvalue weighted by atomic mass is 10.0. The Morgan fingerprint density at radius 2 is 1.11 bits per heavy atom. The zero-order chi connectivity index (χ0) is 50.9. The summed E-state index contributed by atoms with van der Waals surface area (Å²) >= 11 is 0. The van der Waals surface area contributed by atoms with Crippen LogP contribution in [0, 0.1) is 0 Å². The standard InChI is InChI=1S/C30H38N4O6.C25H30N4O4/c1-30(2,3)40-29(36)34(20-21-5-8-26-27(17-21)39-16-15-38-26)22-9-11-32(12-10-22)13-14-33-25-18-23(37-4)6-7-24(25)31-19-28(33)35;1-31-20-3-4-21-22(15-20)29(25(30)17-27-21)11-10-28-8-6-19(7-9-28)26-16-18-2-5-23-24(14-18)33-13-12-32-23/h5-8,17-19,22H,9-16,20H2,1-4H3;2-5,14-15,17,19,26H,6-13,16H2,1H3. The SMILES string of the molecule is COc1ccc2ncc(=O)n(CCN3CCC(N(Cc4ccc5c(c4)OCCO5)C(=O)OC(C)(C)C)CC3)c2c1.COc1ccc2ncc(=O)n(CCN3CCC(NCc4ccc5c(c4)OCCO5)CC3)c2c1. The van der Waals surface area contributed by atoms with Crippen molar-refractivity contribution in [3.63, 3.8) is 0 Å². The quantitative estimate of drug-likeness (QED) is 0.125. The number of methoxy groups -OCH3 is 2. The van der Waals surface area contributed by atoms with Gasteiger partial charge in [-0.3, -0.25) is 9.59 Å². The fraction of sp³-hybridized carbons (Fsp3) is 0.473. The molecule has 6 aromatic rings. The highest BCUT2D eigenvalue weighted by Crippen LogP contribution is 2.33. The topological polar surface area (TPSA) is 173 Å². The number of piperidine rings is 2. The minimum atomic E-state index is -0.591. The maximum Gasteiger partial charge on any atom is 0.410 e. The van der Waals surface area contributed by atoms with E-state index in [0.717, 1.165) is 122 Å². The van der Waals surface area contributed by atoms with Crippen LogP contribution in [0.3, 0.4) is 0 Å². The molecule has 6 heterocycles. The molecule has 0 spiro atoms. The summed E-state index contributed by atoms with van der Waals surface area (Å²) in [5, 5.41) is 3.68. The maximum absolute atomic E-state index is 13.3. The predicted octanol–water partition coefficient (Wildman–Crippen LogP) is 6.51. The third kappa shape index (κ3) is 13.0. The Morgan fingerprint density at radius 3 is 1.62 bits per heavy atom. The summed E-state index contributed by atoms with van der Waals surface area (Å²) in [6.45, 7) is 15.6. The molecule has 4 aliphatic rings. The van der Waals surface area contributed by atoms with Gasteiger partial charge in [-0.2, -0.15) is 0 Å². The van der Waals surface area contributed by atoms with Crippen LogP contribution in [0.2, 0.25) is 0 Å². The molecule has 10 rings (SSSR count). The number of fused-ring (bicyclic) bond motifs is 4. The summed E-state index contributed by atoms with van der Waals surface area (Å²) in [7, 11) is 3.24. The Morgan fingerprint density at radius 1 is 0.630 bits per heavy atom. The molecule has 1 amide bonds. The van der Waals surface area contributed by atoms with Crippen molar-refractivity contribution in [2.75, 3.05) is 79.9 Å². The highest BCUT2D eigenvalue weighted by atomic mass is 16.6. The van der Waals surface area contributed by atoms with Crippen LogP contribution in [0.1, 0.15) is 57.6 Å². The van der Waals surface area contributed by atoms with Gasteiger partial charge >= 0.3 is 6.09 Å². The average molecular weight is 1000 g/mol. The van der Waals surface area contributed by atoms with Crippen molar-refractivity contribution in [3.8, 4) is 34.5 Å². The molecule has 0 saturated carbocycles. The highest BCUT2D eigenvalue weighted by Gasteiger charge is 2.32. The van der Waals surface area contributed by atoms with Gasteiger partial charge in [0.1, 0.15) is 43.5 Å². The number of carbonyl (C=O) groups excluding carboxylic acids is 1. The molecule has 4 aliphatic heterocycles. The van der Waals surface area contributed by atoms with E-state index < -0.39 is 5.60 Å². The number of rotatable bonds is 14. The monoisotopic (exact) mass is 1000 g/mol. The number of aromatic nitrogens is 4. The van der Waals surface area contributed by atoms with E-state index in [1.807, 2.05) is 86.3 Å². The minimum Gasteiger partial charge on any atom is -0.497 e. The lowest BCUT2D eigenvalue weighted by Crippen LogP contribution is -2.49. The Bertz CT molecular complexity index is 2980. The first kappa shape index (κ1) is 51.0. The number of nitrogens with zero attached hydrogens (tertiary/aromatic N) is 7. The number of ether oxygens (including phenoxy) is 7. The lowest BCUT2D eigenvalue weighted by Gasteiger charge is -2.39. The van der Waals surface area contributed by atoms with Gasteiger partial charge in [0.2, 0.25) is 0 Å². The van der Waals surface area contributed by atoms with Crippen LogP contribution >= 0.6 is 0 Å². The molecule has 0 aliphatic carbocycles. The molecule has 2 saturated heterocycles. The fourth-order valence-electron chi connectivity index (χ4n) is 9.80. The molecule has 18 nitrogen and oxygen atoms in total. The zero-order valence-corrected chi connectivity index (χ0v) is 42.7. The van der Waals surface area contributed by atoms with E-state index in [9.17, 15) is 14.4 Å². The predicted molar refractivity (Wildman–Crippen MR) is 278 cm³/mol. The van der Waals surface area contributed by atoms with Crippen LogP contribution in [0.15, 0.2) is 94.8 Å². The van der Waals surface area contributed by atoms with Crippen LogP contribution in [-0.4, -0.2) is 137 Å². The Kier molecular flexibility index (Phi) is 16.3. The van der Waals surface area contributed by atoms with E-state index in [0.29, 0.717) is 63.6 Å². The Balaban J connectivity index is 0.000000183. The highest BCUT2D eigenvalue weighted by molar-refractivity contribution is 5.77. The molecule has 4 aromatic carbocycles. The maximum atomic E-state index is 13.3. The van der Waals surface area contributed by atoms with Gasteiger partial charge in [0.05, 0.1) is 48.7 Å². The third-order valence-electron chi connectivity index (χ3n) is 13.8. The van der Waals surface area contributed by atoms with E-state index in [1.165, 1.54) is 18.0 Å². The van der Waals surface area contributed by atoms with Gasteiger partial charge in [-0.15, -0.1) is 0 Å². The zero-order valence-electron chi connectivity index (χ0n) is 42.7. The lowest BCUT2D eigenvalue weighted by molar-refractivity contribution is 0.00562. The molecule has 73 heavy (non-hydrogen) atoms. The van der Waals surface area contributed by atoms with Crippen molar-refractivity contribution >= 4 is 28.2 Å². The van der Waals surface area contributed by atoms with Crippen LogP contribution < -0.4 is 44.9 Å². The van der Waals surface area contributed by atoms with Crippen molar-refractivity contribution in [1.82, 2.24) is 39.1 Å². The molecule has 0 atom stereocenters. The Hall–Kier alpha value is -6.89. The molecular weight excluding hydrogens is 933 g/mol. The number of hydrogen-bond acceptors (Lipinski definition) is 15. The van der Waals surface area contributed by atoms with Crippen molar-refractivity contribution in [3.05, 3.63) is 117 Å². The van der Waals surface area contributed by atoms with Crippen LogP contribution in [0.5, 0.6) is 34.5 Å². The second kappa shape index (κ2) is 23.3. The van der Waals surface area contributed by atoms with Crippen LogP contribution in [0.25, 0.3) is 22.1 Å². The van der Waals surface area contributed by atoms with Gasteiger partial charge in [-0.1, -0.05) is 12.1 Å². The molecule has 0 radical (unpaired) electrons. The number of nitrogens with one attached hydrogen (secondary N) is 1. The smallest absolute Gasteiger partial charge is 0.410 e. The number of likely N-dealkylation sites (tertiary alicyclic amines) is 2. The summed E-state index contributed by atoms with van der Waals surface area (Å²) in [6, 6.07) is 23.7. The van der Waals surface area contributed by atoms with Gasteiger partial charge in [0.25, 0.3) is 11.1 Å². The second-order valence-electron chi connectivity index (χ2n) is 19.8. The van der Waals surface area contributed by atoms with E-state index in [1.54, 1.807) is 23.4 Å². The van der Waals surface area contributed by atoms with Gasteiger partial charge in [-0.25, -0.2) is 14.8 Å². The molecule has 0 bridgehead atoms. The number of amides is 1. The molecular formula is C55H68N8O10. The average Bonchev–Trinajstić information content (AvgIpc) is 3.41. The summed E-state index contributed by atoms with van der Waals surface area (Å²) in [5.41, 5.74) is 4.51. The van der Waals surface area contributed by atoms with Crippen molar-refractivity contribution in [2.45, 2.75) is 90.3 Å². The molecule has 388 valence electrons. The summed E-state index contributed by atoms with van der Waals surface area (Å²) in [6.07, 6.45) is 6.26. The van der Waals surface area contributed by atoms with E-state index in [2.05, 4.69) is 37.2 Å². The Labute approximate surface area is 425 Å². The van der Waals surface area contributed by atoms with Crippen LogP contribution in [0.4, 0.5) is 4.79 Å². The number of carbonyl (C=O) groups is 1. The molecule has 1 N–H and O–H groups in total. The van der Waals surface area contributed by atoms with Gasteiger partial charge in [-0.05, 0) is 119 Å². The third-order valence-corrected chi connectivity index (χ3v) is 13.8. The summed E-state index contributed by atoms with van der Waals surface area (Å²) < 4.78 is 42.8. The first-order valence-corrected chi connectivity index (χ1v) is 25.4. The van der Waals surface area contributed by atoms with Crippen molar-refractivity contribution < 1.29 is 38.0 Å². The normalized spacial score (nSPS) is 16.4. The summed E-state index contributed by atoms with van der Waals surface area (Å²) in [4.78, 5) is 53.6. The largest absolute Gasteiger partial charge is 0.497 e. The van der Waals surface area contributed by atoms with Gasteiger partial charge in [0, 0.05) is 76.6 Å². The van der Waals surface area contributed by atoms with Crippen molar-refractivity contribution in [1.29, 1.82) is 0 Å². The summed E-state index contributed by atoms with van der Waals surface area (Å²) in [5.74, 6) is 4.53. The molecule has 2 aromatic heterocycles. The van der Waals surface area contributed by atoms with Crippen LogP contribution in [-0.2, 0) is 30.9 Å². The number of benzene rings is 4. The number of hydrogen-bond donors (Lipinski definition) is 1. The molecule has 0 unspecified atom stereocenters. The second-order valence-corrected chi connectivity index (χ2v) is 19.8. The van der Waals surface area contributed by atoms with Crippen molar-refractivity contribution in [2.24, 2.45) is 0 Å².